The Morgan fingerprint density at radius 2 is 1.90 bits per heavy atom. The first-order chi connectivity index (χ1) is 10.0. The lowest BCUT2D eigenvalue weighted by molar-refractivity contribution is -0.0653. The molecule has 2 aliphatic carbocycles. The Morgan fingerprint density at radius 1 is 1.19 bits per heavy atom. The van der Waals surface area contributed by atoms with Crippen molar-refractivity contribution in [1.82, 2.24) is 0 Å². The van der Waals surface area contributed by atoms with Crippen LogP contribution < -0.4 is 4.74 Å². The van der Waals surface area contributed by atoms with Gasteiger partial charge in [0.25, 0.3) is 0 Å². The Labute approximate surface area is 134 Å². The molecule has 2 heteroatoms. The molecule has 0 heterocycles. The largest absolute Gasteiger partial charge is 0.489 e. The summed E-state index contributed by atoms with van der Waals surface area (Å²) in [7, 11) is 0. The number of hydrogen-bond donors (Lipinski definition) is 0. The van der Waals surface area contributed by atoms with Crippen LogP contribution in [0.25, 0.3) is 0 Å². The quantitative estimate of drug-likeness (QED) is 0.639. The predicted molar refractivity (Wildman–Crippen MR) is 89.5 cm³/mol. The van der Waals surface area contributed by atoms with Crippen molar-refractivity contribution in [3.05, 3.63) is 29.3 Å². The van der Waals surface area contributed by atoms with E-state index in [-0.39, 0.29) is 5.41 Å². The second-order valence-electron chi connectivity index (χ2n) is 7.28. The number of halogens is 1. The molecule has 2 saturated carbocycles. The highest BCUT2D eigenvalue weighted by molar-refractivity contribution is 6.21. The molecule has 21 heavy (non-hydrogen) atoms. The third kappa shape index (κ3) is 2.70. The fourth-order valence-corrected chi connectivity index (χ4v) is 4.49. The molecule has 1 nitrogen and oxygen atoms in total. The summed E-state index contributed by atoms with van der Waals surface area (Å²) in [6, 6.07) is 6.64. The number of aryl methyl sites for hydroxylation is 1. The first kappa shape index (κ1) is 15.2. The van der Waals surface area contributed by atoms with E-state index in [0.29, 0.717) is 17.4 Å². The molecule has 1 spiro atoms. The second-order valence-corrected chi connectivity index (χ2v) is 7.81. The molecule has 116 valence electrons. The van der Waals surface area contributed by atoms with Crippen molar-refractivity contribution in [2.24, 2.45) is 5.41 Å². The summed E-state index contributed by atoms with van der Waals surface area (Å²) in [6.45, 7) is 6.61. The van der Waals surface area contributed by atoms with Crippen LogP contribution in [-0.2, 0) is 0 Å². The Morgan fingerprint density at radius 3 is 2.52 bits per heavy atom. The normalized spacial score (nSPS) is 27.7. The van der Waals surface area contributed by atoms with Crippen LogP contribution in [0, 0.1) is 12.3 Å². The molecular weight excluding hydrogens is 280 g/mol. The van der Waals surface area contributed by atoms with E-state index in [1.54, 1.807) is 0 Å². The Balaban J connectivity index is 1.79. The SMILES string of the molecule is Cc1ccc(C(C)C)cc1OC1CC(Cl)C12CCCCC2. The van der Waals surface area contributed by atoms with Crippen LogP contribution in [0.1, 0.15) is 69.4 Å². The summed E-state index contributed by atoms with van der Waals surface area (Å²) in [5.74, 6) is 1.61. The van der Waals surface area contributed by atoms with Crippen molar-refractivity contribution in [3.8, 4) is 5.75 Å². The summed E-state index contributed by atoms with van der Waals surface area (Å²) < 4.78 is 6.45. The van der Waals surface area contributed by atoms with E-state index in [1.807, 2.05) is 0 Å². The van der Waals surface area contributed by atoms with Crippen molar-refractivity contribution in [3.63, 3.8) is 0 Å². The molecule has 0 saturated heterocycles. The van der Waals surface area contributed by atoms with Crippen LogP contribution in [0.3, 0.4) is 0 Å². The molecule has 0 aliphatic heterocycles. The minimum Gasteiger partial charge on any atom is -0.489 e. The lowest BCUT2D eigenvalue weighted by Gasteiger charge is -2.55. The predicted octanol–water partition coefficient (Wildman–Crippen LogP) is 5.83. The third-order valence-electron chi connectivity index (χ3n) is 5.62. The fourth-order valence-electron chi connectivity index (χ4n) is 3.97. The van der Waals surface area contributed by atoms with Crippen LogP contribution in [0.4, 0.5) is 0 Å². The summed E-state index contributed by atoms with van der Waals surface area (Å²) in [5.41, 5.74) is 2.85. The molecule has 3 rings (SSSR count). The highest BCUT2D eigenvalue weighted by Gasteiger charge is 2.55. The van der Waals surface area contributed by atoms with Crippen molar-refractivity contribution >= 4 is 11.6 Å². The van der Waals surface area contributed by atoms with Gasteiger partial charge in [-0.3, -0.25) is 0 Å². The summed E-state index contributed by atoms with van der Waals surface area (Å²) in [5, 5.41) is 0.316. The van der Waals surface area contributed by atoms with Gasteiger partial charge in [0.05, 0.1) is 0 Å². The monoisotopic (exact) mass is 306 g/mol. The van der Waals surface area contributed by atoms with Gasteiger partial charge in [-0.1, -0.05) is 45.2 Å². The van der Waals surface area contributed by atoms with Gasteiger partial charge in [0.1, 0.15) is 11.9 Å². The molecular formula is C19H27ClO. The van der Waals surface area contributed by atoms with Gasteiger partial charge >= 0.3 is 0 Å². The first-order valence-electron chi connectivity index (χ1n) is 8.44. The van der Waals surface area contributed by atoms with Crippen molar-refractivity contribution < 1.29 is 4.74 Å². The summed E-state index contributed by atoms with van der Waals surface area (Å²) >= 11 is 6.59. The smallest absolute Gasteiger partial charge is 0.122 e. The Hall–Kier alpha value is -0.690. The molecule has 2 atom stereocenters. The van der Waals surface area contributed by atoms with Gasteiger partial charge in [0.15, 0.2) is 0 Å². The minimum atomic E-state index is 0.250. The maximum Gasteiger partial charge on any atom is 0.122 e. The van der Waals surface area contributed by atoms with Crippen LogP contribution in [0.5, 0.6) is 5.75 Å². The van der Waals surface area contributed by atoms with Gasteiger partial charge in [-0.2, -0.15) is 0 Å². The van der Waals surface area contributed by atoms with Crippen LogP contribution in [0.2, 0.25) is 0 Å². The van der Waals surface area contributed by atoms with E-state index in [1.165, 1.54) is 43.2 Å². The Bertz CT molecular complexity index is 502. The zero-order valence-corrected chi connectivity index (χ0v) is 14.2. The van der Waals surface area contributed by atoms with E-state index in [4.69, 9.17) is 16.3 Å². The molecule has 2 unspecified atom stereocenters. The maximum atomic E-state index is 6.59. The molecule has 0 aromatic heterocycles. The average Bonchev–Trinajstić information content (AvgIpc) is 2.49. The van der Waals surface area contributed by atoms with Crippen LogP contribution in [-0.4, -0.2) is 11.5 Å². The molecule has 1 aromatic carbocycles. The van der Waals surface area contributed by atoms with Gasteiger partial charge in [-0.25, -0.2) is 0 Å². The topological polar surface area (TPSA) is 9.23 Å². The molecule has 0 N–H and O–H groups in total. The zero-order valence-electron chi connectivity index (χ0n) is 13.5. The molecule has 2 fully saturated rings. The standard InChI is InChI=1S/C19H27ClO/c1-13(2)15-8-7-14(3)16(11-15)21-18-12-17(20)19(18)9-5-4-6-10-19/h7-8,11,13,17-18H,4-6,9-10,12H2,1-3H3. The molecule has 1 aromatic rings. The van der Waals surface area contributed by atoms with E-state index < -0.39 is 0 Å². The van der Waals surface area contributed by atoms with Crippen molar-refractivity contribution in [2.45, 2.75) is 76.7 Å². The second kappa shape index (κ2) is 5.83. The number of rotatable bonds is 3. The van der Waals surface area contributed by atoms with E-state index in [9.17, 15) is 0 Å². The molecule has 0 amide bonds. The fraction of sp³-hybridized carbons (Fsp3) is 0.684. The van der Waals surface area contributed by atoms with Gasteiger partial charge in [0, 0.05) is 17.2 Å². The van der Waals surface area contributed by atoms with Gasteiger partial charge < -0.3 is 4.74 Å². The maximum absolute atomic E-state index is 6.59. The highest BCUT2D eigenvalue weighted by Crippen LogP contribution is 2.55. The van der Waals surface area contributed by atoms with E-state index in [0.717, 1.165) is 12.2 Å². The highest BCUT2D eigenvalue weighted by atomic mass is 35.5. The zero-order chi connectivity index (χ0) is 15.0. The molecule has 0 bridgehead atoms. The van der Waals surface area contributed by atoms with E-state index >= 15 is 0 Å². The third-order valence-corrected chi connectivity index (χ3v) is 6.23. The van der Waals surface area contributed by atoms with Gasteiger partial charge in [-0.15, -0.1) is 11.6 Å². The number of benzene rings is 1. The van der Waals surface area contributed by atoms with Gasteiger partial charge in [0.2, 0.25) is 0 Å². The molecule has 0 radical (unpaired) electrons. The number of hydrogen-bond acceptors (Lipinski definition) is 1. The van der Waals surface area contributed by atoms with Crippen molar-refractivity contribution in [1.29, 1.82) is 0 Å². The van der Waals surface area contributed by atoms with E-state index in [2.05, 4.69) is 39.0 Å². The van der Waals surface area contributed by atoms with Gasteiger partial charge in [-0.05, 0) is 42.9 Å². The summed E-state index contributed by atoms with van der Waals surface area (Å²) in [6.07, 6.45) is 7.81. The number of alkyl halides is 1. The molecule has 2 aliphatic rings. The Kier molecular flexibility index (Phi) is 4.23. The number of ether oxygens (including phenoxy) is 1. The lowest BCUT2D eigenvalue weighted by Crippen LogP contribution is -2.58. The summed E-state index contributed by atoms with van der Waals surface area (Å²) in [4.78, 5) is 0. The van der Waals surface area contributed by atoms with Crippen molar-refractivity contribution in [2.75, 3.05) is 0 Å². The van der Waals surface area contributed by atoms with Crippen LogP contribution in [0.15, 0.2) is 18.2 Å². The minimum absolute atomic E-state index is 0.250. The first-order valence-corrected chi connectivity index (χ1v) is 8.88. The van der Waals surface area contributed by atoms with Crippen LogP contribution >= 0.6 is 11.6 Å². The average molecular weight is 307 g/mol. The lowest BCUT2D eigenvalue weighted by atomic mass is 9.58.